The number of carbonyl (C=O) groups is 1. The average Bonchev–Trinajstić information content (AvgIpc) is 3.03. The quantitative estimate of drug-likeness (QED) is 0.569. The zero-order valence-corrected chi connectivity index (χ0v) is 13.6. The molecule has 0 saturated carbocycles. The molecular formula is C18H14N4O3. The molecule has 0 unspecified atom stereocenters. The molecule has 1 amide bonds. The van der Waals surface area contributed by atoms with E-state index in [0.29, 0.717) is 22.5 Å². The van der Waals surface area contributed by atoms with Crippen molar-refractivity contribution >= 4 is 28.2 Å². The molecule has 1 aromatic carbocycles. The predicted molar refractivity (Wildman–Crippen MR) is 92.9 cm³/mol. The number of aryl methyl sites for hydroxylation is 2. The molecule has 0 fully saturated rings. The van der Waals surface area contributed by atoms with E-state index in [4.69, 9.17) is 4.42 Å². The first-order chi connectivity index (χ1) is 12.0. The minimum atomic E-state index is -0.386. The van der Waals surface area contributed by atoms with Crippen LogP contribution in [0.15, 0.2) is 52.1 Å². The molecule has 3 aromatic heterocycles. The summed E-state index contributed by atoms with van der Waals surface area (Å²) in [5, 5.41) is 7.69. The van der Waals surface area contributed by atoms with E-state index in [9.17, 15) is 9.59 Å². The van der Waals surface area contributed by atoms with Crippen LogP contribution in [0.4, 0.5) is 5.69 Å². The lowest BCUT2D eigenvalue weighted by Gasteiger charge is -2.11. The van der Waals surface area contributed by atoms with Gasteiger partial charge in [-0.25, -0.2) is 14.3 Å². The van der Waals surface area contributed by atoms with Crippen LogP contribution in [0.2, 0.25) is 0 Å². The molecule has 25 heavy (non-hydrogen) atoms. The highest BCUT2D eigenvalue weighted by atomic mass is 16.4. The Balaban J connectivity index is 1.73. The van der Waals surface area contributed by atoms with Crippen LogP contribution in [-0.4, -0.2) is 20.5 Å². The third-order valence-electron chi connectivity index (χ3n) is 4.09. The molecule has 4 aromatic rings. The summed E-state index contributed by atoms with van der Waals surface area (Å²) in [5.74, 6) is -0.247. The first-order valence-electron chi connectivity index (χ1n) is 7.67. The van der Waals surface area contributed by atoms with Crippen molar-refractivity contribution in [2.75, 3.05) is 5.32 Å². The lowest BCUT2D eigenvalue weighted by atomic mass is 10.1. The van der Waals surface area contributed by atoms with Gasteiger partial charge in [0.15, 0.2) is 5.65 Å². The smallest absolute Gasteiger partial charge is 0.336 e. The molecule has 124 valence electrons. The van der Waals surface area contributed by atoms with Crippen LogP contribution in [0.1, 0.15) is 21.5 Å². The van der Waals surface area contributed by atoms with E-state index in [2.05, 4.69) is 15.4 Å². The van der Waals surface area contributed by atoms with Gasteiger partial charge in [-0.15, -0.1) is 0 Å². The second-order valence-electron chi connectivity index (χ2n) is 5.84. The monoisotopic (exact) mass is 334 g/mol. The van der Waals surface area contributed by atoms with E-state index in [1.165, 1.54) is 12.4 Å². The number of aromatic nitrogens is 3. The lowest BCUT2D eigenvalue weighted by molar-refractivity contribution is 0.102. The van der Waals surface area contributed by atoms with Gasteiger partial charge < -0.3 is 9.73 Å². The van der Waals surface area contributed by atoms with E-state index >= 15 is 0 Å². The number of pyridine rings is 1. The van der Waals surface area contributed by atoms with Gasteiger partial charge in [-0.05, 0) is 49.2 Å². The predicted octanol–water partition coefficient (Wildman–Crippen LogP) is 2.70. The Morgan fingerprint density at radius 1 is 1.16 bits per heavy atom. The molecule has 0 aliphatic carbocycles. The summed E-state index contributed by atoms with van der Waals surface area (Å²) < 4.78 is 6.81. The Morgan fingerprint density at radius 2 is 2.00 bits per heavy atom. The Hall–Kier alpha value is -3.48. The van der Waals surface area contributed by atoms with Gasteiger partial charge in [0, 0.05) is 28.9 Å². The number of amides is 1. The first-order valence-corrected chi connectivity index (χ1v) is 7.67. The van der Waals surface area contributed by atoms with Gasteiger partial charge in [0.05, 0.1) is 0 Å². The van der Waals surface area contributed by atoms with Gasteiger partial charge in [-0.3, -0.25) is 4.79 Å². The lowest BCUT2D eigenvalue weighted by Crippen LogP contribution is -2.13. The summed E-state index contributed by atoms with van der Waals surface area (Å²) >= 11 is 0. The molecule has 3 heterocycles. The van der Waals surface area contributed by atoms with Crippen LogP contribution in [0.5, 0.6) is 0 Å². The number of hydrogen-bond acceptors (Lipinski definition) is 5. The van der Waals surface area contributed by atoms with Crippen LogP contribution in [0, 0.1) is 13.8 Å². The second kappa shape index (κ2) is 5.55. The van der Waals surface area contributed by atoms with Crippen molar-refractivity contribution in [2.24, 2.45) is 0 Å². The van der Waals surface area contributed by atoms with Crippen molar-refractivity contribution < 1.29 is 9.21 Å². The van der Waals surface area contributed by atoms with Gasteiger partial charge in [-0.1, -0.05) is 0 Å². The number of fused-ring (bicyclic) bond motifs is 2. The third kappa shape index (κ3) is 2.65. The maximum absolute atomic E-state index is 12.6. The zero-order valence-electron chi connectivity index (χ0n) is 13.6. The number of nitrogens with zero attached hydrogens (tertiary/aromatic N) is 3. The Kier molecular flexibility index (Phi) is 3.35. The number of benzene rings is 1. The average molecular weight is 334 g/mol. The van der Waals surface area contributed by atoms with Crippen LogP contribution in [0.25, 0.3) is 16.6 Å². The van der Waals surface area contributed by atoms with Gasteiger partial charge in [0.1, 0.15) is 11.9 Å². The van der Waals surface area contributed by atoms with Crippen LogP contribution in [0.3, 0.4) is 0 Å². The largest absolute Gasteiger partial charge is 0.423 e. The molecule has 0 saturated heterocycles. The van der Waals surface area contributed by atoms with Gasteiger partial charge >= 0.3 is 5.63 Å². The summed E-state index contributed by atoms with van der Waals surface area (Å²) in [6, 6.07) is 8.35. The van der Waals surface area contributed by atoms with Crippen molar-refractivity contribution in [2.45, 2.75) is 13.8 Å². The van der Waals surface area contributed by atoms with Crippen LogP contribution < -0.4 is 10.9 Å². The fraction of sp³-hybridized carbons (Fsp3) is 0.111. The molecule has 7 nitrogen and oxygen atoms in total. The molecule has 0 atom stereocenters. The van der Waals surface area contributed by atoms with Crippen molar-refractivity contribution in [1.82, 2.24) is 14.6 Å². The number of carbonyl (C=O) groups excluding carboxylic acids is 1. The van der Waals surface area contributed by atoms with E-state index in [0.717, 1.165) is 16.5 Å². The Labute approximate surface area is 141 Å². The molecular weight excluding hydrogens is 320 g/mol. The SMILES string of the molecule is Cc1cc2oc(=O)cc(C)c2cc1NC(=O)c1ccn2ncnc2c1. The maximum Gasteiger partial charge on any atom is 0.336 e. The highest BCUT2D eigenvalue weighted by Gasteiger charge is 2.12. The fourth-order valence-electron chi connectivity index (χ4n) is 2.75. The number of hydrogen-bond donors (Lipinski definition) is 1. The van der Waals surface area contributed by atoms with Crippen molar-refractivity contribution in [3.63, 3.8) is 0 Å². The second-order valence-corrected chi connectivity index (χ2v) is 5.84. The van der Waals surface area contributed by atoms with Crippen LogP contribution >= 0.6 is 0 Å². The number of anilines is 1. The molecule has 0 aliphatic rings. The van der Waals surface area contributed by atoms with E-state index in [-0.39, 0.29) is 11.5 Å². The Bertz CT molecular complexity index is 1190. The molecule has 0 bridgehead atoms. The maximum atomic E-state index is 12.6. The molecule has 7 heteroatoms. The Morgan fingerprint density at radius 3 is 2.84 bits per heavy atom. The van der Waals surface area contributed by atoms with Crippen molar-refractivity contribution in [3.8, 4) is 0 Å². The van der Waals surface area contributed by atoms with E-state index in [1.807, 2.05) is 19.9 Å². The van der Waals surface area contributed by atoms with Gasteiger partial charge in [-0.2, -0.15) is 5.10 Å². The molecule has 4 rings (SSSR count). The summed E-state index contributed by atoms with van der Waals surface area (Å²) in [4.78, 5) is 28.1. The van der Waals surface area contributed by atoms with E-state index < -0.39 is 0 Å². The van der Waals surface area contributed by atoms with E-state index in [1.54, 1.807) is 28.9 Å². The fourth-order valence-corrected chi connectivity index (χ4v) is 2.75. The molecule has 0 aliphatic heterocycles. The summed E-state index contributed by atoms with van der Waals surface area (Å²) in [6.07, 6.45) is 3.12. The van der Waals surface area contributed by atoms with Crippen LogP contribution in [-0.2, 0) is 0 Å². The number of rotatable bonds is 2. The molecule has 1 N–H and O–H groups in total. The van der Waals surface area contributed by atoms with Crippen molar-refractivity contribution in [1.29, 1.82) is 0 Å². The molecule has 0 radical (unpaired) electrons. The topological polar surface area (TPSA) is 89.5 Å². The minimum Gasteiger partial charge on any atom is -0.423 e. The van der Waals surface area contributed by atoms with Crippen molar-refractivity contribution in [3.05, 3.63) is 70.0 Å². The summed E-state index contributed by atoms with van der Waals surface area (Å²) in [6.45, 7) is 3.68. The standard InChI is InChI=1S/C18H14N4O3/c1-10-6-17(23)25-15-5-11(2)14(8-13(10)15)21-18(24)12-3-4-22-16(7-12)19-9-20-22/h3-9H,1-2H3,(H,21,24). The highest BCUT2D eigenvalue weighted by Crippen LogP contribution is 2.25. The first kappa shape index (κ1) is 15.1. The third-order valence-corrected chi connectivity index (χ3v) is 4.09. The summed E-state index contributed by atoms with van der Waals surface area (Å²) in [5.41, 5.74) is 3.46. The minimum absolute atomic E-state index is 0.247. The highest BCUT2D eigenvalue weighted by molar-refractivity contribution is 6.06. The normalized spacial score (nSPS) is 11.1. The molecule has 0 spiro atoms. The number of nitrogens with one attached hydrogen (secondary N) is 1. The summed E-state index contributed by atoms with van der Waals surface area (Å²) in [7, 11) is 0. The van der Waals surface area contributed by atoms with Gasteiger partial charge in [0.25, 0.3) is 5.91 Å². The zero-order chi connectivity index (χ0) is 17.6. The van der Waals surface area contributed by atoms with Gasteiger partial charge in [0.2, 0.25) is 0 Å².